The molecule has 0 amide bonds. The third kappa shape index (κ3) is 3.45. The van der Waals surface area contributed by atoms with Crippen molar-refractivity contribution in [1.29, 1.82) is 0 Å². The predicted molar refractivity (Wildman–Crippen MR) is 78.5 cm³/mol. The van der Waals surface area contributed by atoms with Crippen molar-refractivity contribution in [3.05, 3.63) is 34.5 Å². The van der Waals surface area contributed by atoms with Crippen molar-refractivity contribution in [2.75, 3.05) is 5.53 Å². The highest BCUT2D eigenvalue weighted by molar-refractivity contribution is 5.72. The second-order valence-electron chi connectivity index (χ2n) is 4.68. The average molecular weight is 276 g/mol. The van der Waals surface area contributed by atoms with Gasteiger partial charge in [-0.2, -0.15) is 5.10 Å². The quantitative estimate of drug-likeness (QED) is 0.445. The molecule has 1 aliphatic rings. The van der Waals surface area contributed by atoms with Crippen LogP contribution in [0.4, 0.5) is 0 Å². The summed E-state index contributed by atoms with van der Waals surface area (Å²) in [6.07, 6.45) is 12.2. The fraction of sp³-hybridized carbons (Fsp3) is 0.462. The molecule has 0 spiro atoms. The molecule has 0 saturated carbocycles. The highest BCUT2D eigenvalue weighted by Gasteiger charge is 2.02. The van der Waals surface area contributed by atoms with Gasteiger partial charge in [0.05, 0.1) is 11.6 Å². The van der Waals surface area contributed by atoms with Crippen LogP contribution in [0.1, 0.15) is 39.0 Å². The van der Waals surface area contributed by atoms with Gasteiger partial charge in [0.1, 0.15) is 0 Å². The van der Waals surface area contributed by atoms with E-state index in [-0.39, 0.29) is 0 Å². The van der Waals surface area contributed by atoms with Crippen LogP contribution in [0.3, 0.4) is 0 Å². The molecule has 3 rings (SSSR count). The first-order chi connectivity index (χ1) is 9.74. The SMILES string of the molecule is CCCCC1=CCC1.NNn1ncc2cnc(=O)[nH]c21. The average Bonchev–Trinajstić information content (AvgIpc) is 2.80. The Labute approximate surface area is 116 Å². The van der Waals surface area contributed by atoms with Crippen LogP contribution in [-0.4, -0.2) is 19.9 Å². The molecular formula is C13H20N6O. The van der Waals surface area contributed by atoms with Gasteiger partial charge < -0.3 is 0 Å². The van der Waals surface area contributed by atoms with Crippen LogP contribution >= 0.6 is 0 Å². The van der Waals surface area contributed by atoms with Crippen molar-refractivity contribution >= 4 is 11.0 Å². The van der Waals surface area contributed by atoms with Crippen molar-refractivity contribution in [3.63, 3.8) is 0 Å². The standard InChI is InChI=1S/C8H14.C5H6N6O/c1-2-3-5-8-6-4-7-8;6-10-11-4-3(2-8-11)1-7-5(12)9-4/h6H,2-5,7H2,1H3;1-2,10H,6H2,(H,7,9,12). The zero-order valence-corrected chi connectivity index (χ0v) is 11.6. The van der Waals surface area contributed by atoms with Crippen molar-refractivity contribution in [2.24, 2.45) is 5.84 Å². The number of hydrogen-bond acceptors (Lipinski definition) is 5. The van der Waals surface area contributed by atoms with Crippen LogP contribution < -0.4 is 17.1 Å². The van der Waals surface area contributed by atoms with Crippen molar-refractivity contribution < 1.29 is 0 Å². The van der Waals surface area contributed by atoms with E-state index in [1.54, 1.807) is 5.57 Å². The molecule has 20 heavy (non-hydrogen) atoms. The number of fused-ring (bicyclic) bond motifs is 1. The number of nitrogens with one attached hydrogen (secondary N) is 2. The summed E-state index contributed by atoms with van der Waals surface area (Å²) in [5.74, 6) is 5.12. The summed E-state index contributed by atoms with van der Waals surface area (Å²) in [7, 11) is 0. The van der Waals surface area contributed by atoms with Gasteiger partial charge >= 0.3 is 5.69 Å². The van der Waals surface area contributed by atoms with Gasteiger partial charge in [-0.05, 0) is 25.7 Å². The van der Waals surface area contributed by atoms with Crippen LogP contribution in [0.15, 0.2) is 28.8 Å². The van der Waals surface area contributed by atoms with Crippen LogP contribution in [0.5, 0.6) is 0 Å². The lowest BCUT2D eigenvalue weighted by atomic mass is 9.94. The van der Waals surface area contributed by atoms with E-state index in [9.17, 15) is 4.79 Å². The second-order valence-corrected chi connectivity index (χ2v) is 4.68. The molecule has 7 heteroatoms. The van der Waals surface area contributed by atoms with E-state index < -0.39 is 5.69 Å². The Morgan fingerprint density at radius 1 is 1.50 bits per heavy atom. The summed E-state index contributed by atoms with van der Waals surface area (Å²) in [5, 5.41) is 4.54. The number of aromatic amines is 1. The smallest absolute Gasteiger partial charge is 0.288 e. The van der Waals surface area contributed by atoms with E-state index in [1.807, 2.05) is 0 Å². The highest BCUT2D eigenvalue weighted by Crippen LogP contribution is 2.22. The summed E-state index contributed by atoms with van der Waals surface area (Å²) in [4.78, 5) is 18.0. The van der Waals surface area contributed by atoms with Gasteiger partial charge in [0, 0.05) is 6.20 Å². The lowest BCUT2D eigenvalue weighted by Crippen LogP contribution is -2.24. The number of allylic oxidation sites excluding steroid dienone is 2. The molecule has 0 unspecified atom stereocenters. The van der Waals surface area contributed by atoms with Crippen molar-refractivity contribution in [1.82, 2.24) is 19.9 Å². The molecule has 0 radical (unpaired) electrons. The fourth-order valence-corrected chi connectivity index (χ4v) is 1.92. The van der Waals surface area contributed by atoms with E-state index in [2.05, 4.69) is 33.6 Å². The van der Waals surface area contributed by atoms with Gasteiger partial charge in [0.15, 0.2) is 5.65 Å². The number of hydrazine groups is 1. The van der Waals surface area contributed by atoms with Crippen molar-refractivity contribution in [3.8, 4) is 0 Å². The number of hydrogen-bond donors (Lipinski definition) is 3. The summed E-state index contributed by atoms with van der Waals surface area (Å²) < 4.78 is 0. The van der Waals surface area contributed by atoms with Crippen LogP contribution in [-0.2, 0) is 0 Å². The molecule has 7 nitrogen and oxygen atoms in total. The first kappa shape index (κ1) is 14.3. The third-order valence-corrected chi connectivity index (χ3v) is 3.22. The number of nitrogens with zero attached hydrogens (tertiary/aromatic N) is 3. The number of rotatable bonds is 4. The molecule has 2 aromatic rings. The number of nitrogens with two attached hydrogens (primary N) is 1. The molecule has 0 atom stereocenters. The van der Waals surface area contributed by atoms with Crippen LogP contribution in [0.25, 0.3) is 11.0 Å². The molecule has 4 N–H and O–H groups in total. The van der Waals surface area contributed by atoms with Gasteiger partial charge in [-0.1, -0.05) is 25.0 Å². The highest BCUT2D eigenvalue weighted by atomic mass is 16.1. The maximum Gasteiger partial charge on any atom is 0.346 e. The largest absolute Gasteiger partial charge is 0.346 e. The summed E-state index contributed by atoms with van der Waals surface area (Å²) in [5.41, 5.74) is 4.05. The Bertz CT molecular complexity index is 642. The third-order valence-electron chi connectivity index (χ3n) is 3.22. The number of nitrogen functional groups attached to an aromatic ring is 1. The first-order valence-corrected chi connectivity index (χ1v) is 6.82. The Kier molecular flexibility index (Phi) is 4.89. The molecular weight excluding hydrogens is 256 g/mol. The lowest BCUT2D eigenvalue weighted by Gasteiger charge is -2.12. The fourth-order valence-electron chi connectivity index (χ4n) is 1.92. The maximum atomic E-state index is 10.8. The zero-order chi connectivity index (χ0) is 14.4. The van der Waals surface area contributed by atoms with Gasteiger partial charge in [-0.3, -0.25) is 4.98 Å². The van der Waals surface area contributed by atoms with Gasteiger partial charge in [0.25, 0.3) is 0 Å². The van der Waals surface area contributed by atoms with Crippen LogP contribution in [0, 0.1) is 0 Å². The summed E-state index contributed by atoms with van der Waals surface area (Å²) in [6, 6.07) is 0. The van der Waals surface area contributed by atoms with Crippen LogP contribution in [0.2, 0.25) is 0 Å². The molecule has 1 aliphatic carbocycles. The zero-order valence-electron chi connectivity index (χ0n) is 11.6. The molecule has 0 saturated heterocycles. The topological polar surface area (TPSA) is 102 Å². The molecule has 0 fully saturated rings. The van der Waals surface area contributed by atoms with Gasteiger partial charge in [-0.25, -0.2) is 21.2 Å². The Morgan fingerprint density at radius 2 is 2.30 bits per heavy atom. The molecule has 0 bridgehead atoms. The van der Waals surface area contributed by atoms with E-state index in [1.165, 1.54) is 49.3 Å². The second kappa shape index (κ2) is 6.85. The monoisotopic (exact) mass is 276 g/mol. The number of H-pyrrole nitrogens is 1. The number of unbranched alkanes of at least 4 members (excludes halogenated alkanes) is 1. The lowest BCUT2D eigenvalue weighted by molar-refractivity contribution is 0.715. The van der Waals surface area contributed by atoms with E-state index in [4.69, 9.17) is 5.84 Å². The van der Waals surface area contributed by atoms with E-state index in [0.29, 0.717) is 11.0 Å². The first-order valence-electron chi connectivity index (χ1n) is 6.82. The van der Waals surface area contributed by atoms with Crippen molar-refractivity contribution in [2.45, 2.75) is 39.0 Å². The normalized spacial score (nSPS) is 13.2. The minimum Gasteiger partial charge on any atom is -0.288 e. The summed E-state index contributed by atoms with van der Waals surface area (Å²) in [6.45, 7) is 2.25. The van der Waals surface area contributed by atoms with Gasteiger partial charge in [-0.15, -0.1) is 4.79 Å². The maximum absolute atomic E-state index is 10.8. The Morgan fingerprint density at radius 3 is 2.90 bits per heavy atom. The molecule has 0 aromatic carbocycles. The van der Waals surface area contributed by atoms with E-state index in [0.717, 1.165) is 0 Å². The summed E-state index contributed by atoms with van der Waals surface area (Å²) >= 11 is 0. The molecule has 0 aliphatic heterocycles. The Hall–Kier alpha value is -2.15. The predicted octanol–water partition coefficient (Wildman–Crippen LogP) is 1.43. The molecule has 108 valence electrons. The molecule has 2 heterocycles. The minimum atomic E-state index is -0.431. The number of aromatic nitrogens is 4. The van der Waals surface area contributed by atoms with Gasteiger partial charge in [0.2, 0.25) is 0 Å². The minimum absolute atomic E-state index is 0.431. The Balaban J connectivity index is 0.000000160. The molecule has 2 aromatic heterocycles. The van der Waals surface area contributed by atoms with E-state index >= 15 is 0 Å².